The lowest BCUT2D eigenvalue weighted by atomic mass is 10.2. The maximum atomic E-state index is 12.9. The van der Waals surface area contributed by atoms with Crippen LogP contribution >= 0.6 is 11.8 Å². The van der Waals surface area contributed by atoms with E-state index in [4.69, 9.17) is 0 Å². The predicted octanol–water partition coefficient (Wildman–Crippen LogP) is 2.27. The molecular formula is C19H27N5O3S2. The third kappa shape index (κ3) is 5.36. The smallest absolute Gasteiger partial charge is 0.233 e. The first-order valence-electron chi connectivity index (χ1n) is 9.91. The van der Waals surface area contributed by atoms with Crippen molar-refractivity contribution in [3.05, 3.63) is 24.5 Å². The number of sulfone groups is 1. The van der Waals surface area contributed by atoms with Crippen molar-refractivity contribution in [2.75, 3.05) is 23.8 Å². The van der Waals surface area contributed by atoms with Gasteiger partial charge in [0.2, 0.25) is 5.91 Å². The first-order valence-corrected chi connectivity index (χ1v) is 12.7. The third-order valence-corrected chi connectivity index (χ3v) is 7.72. The summed E-state index contributed by atoms with van der Waals surface area (Å²) in [4.78, 5) is 18.7. The Bertz CT molecular complexity index is 931. The molecule has 0 aliphatic carbocycles. The first kappa shape index (κ1) is 21.8. The molecule has 1 aliphatic rings. The largest absolute Gasteiger partial charge is 0.338 e. The fraction of sp³-hybridized carbons (Fsp3) is 0.579. The Morgan fingerprint density at radius 1 is 1.28 bits per heavy atom. The summed E-state index contributed by atoms with van der Waals surface area (Å²) in [6.07, 6.45) is 5.77. The van der Waals surface area contributed by atoms with Gasteiger partial charge >= 0.3 is 0 Å². The quantitative estimate of drug-likeness (QED) is 0.555. The summed E-state index contributed by atoms with van der Waals surface area (Å²) in [5, 5.41) is 9.24. The maximum Gasteiger partial charge on any atom is 0.233 e. The molecule has 0 aromatic carbocycles. The van der Waals surface area contributed by atoms with E-state index in [1.807, 2.05) is 23.6 Å². The fourth-order valence-electron chi connectivity index (χ4n) is 3.46. The number of amides is 1. The van der Waals surface area contributed by atoms with Crippen LogP contribution < -0.4 is 0 Å². The Kier molecular flexibility index (Phi) is 7.28. The highest BCUT2D eigenvalue weighted by Gasteiger charge is 2.34. The van der Waals surface area contributed by atoms with E-state index >= 15 is 0 Å². The van der Waals surface area contributed by atoms with Gasteiger partial charge in [-0.2, -0.15) is 0 Å². The van der Waals surface area contributed by atoms with Crippen LogP contribution in [0.25, 0.3) is 11.4 Å². The molecule has 1 amide bonds. The SMILES string of the molecule is CCCCN(C(=O)CSc1nnc(-c2ccncc2)n1CC)C1CCS(=O)(=O)C1. The molecule has 0 radical (unpaired) electrons. The van der Waals surface area contributed by atoms with Crippen LogP contribution in [0.15, 0.2) is 29.7 Å². The topological polar surface area (TPSA) is 98.1 Å². The highest BCUT2D eigenvalue weighted by molar-refractivity contribution is 7.99. The molecule has 2 aromatic rings. The number of rotatable bonds is 9. The van der Waals surface area contributed by atoms with Crippen LogP contribution in [-0.4, -0.2) is 68.8 Å². The fourth-order valence-corrected chi connectivity index (χ4v) is 6.08. The summed E-state index contributed by atoms with van der Waals surface area (Å²) >= 11 is 1.35. The number of nitrogens with zero attached hydrogens (tertiary/aromatic N) is 5. The summed E-state index contributed by atoms with van der Waals surface area (Å²) in [5.41, 5.74) is 0.924. The number of carbonyl (C=O) groups is 1. The number of hydrogen-bond acceptors (Lipinski definition) is 7. The second kappa shape index (κ2) is 9.71. The highest BCUT2D eigenvalue weighted by Crippen LogP contribution is 2.25. The molecule has 0 N–H and O–H groups in total. The molecule has 0 bridgehead atoms. The zero-order valence-corrected chi connectivity index (χ0v) is 18.5. The van der Waals surface area contributed by atoms with Crippen LogP contribution in [0.4, 0.5) is 0 Å². The summed E-state index contributed by atoms with van der Waals surface area (Å²) in [5.74, 6) is 1.16. The van der Waals surface area contributed by atoms with Crippen LogP contribution in [0, 0.1) is 0 Å². The van der Waals surface area contributed by atoms with Gasteiger partial charge in [-0.1, -0.05) is 25.1 Å². The van der Waals surface area contributed by atoms with E-state index in [9.17, 15) is 13.2 Å². The number of pyridine rings is 1. The summed E-state index contributed by atoms with van der Waals surface area (Å²) < 4.78 is 25.7. The van der Waals surface area contributed by atoms with Gasteiger partial charge in [-0.05, 0) is 31.9 Å². The monoisotopic (exact) mass is 437 g/mol. The minimum absolute atomic E-state index is 0.0401. The van der Waals surface area contributed by atoms with Crippen LogP contribution in [0.3, 0.4) is 0 Å². The third-order valence-electron chi connectivity index (χ3n) is 5.02. The minimum Gasteiger partial charge on any atom is -0.338 e. The molecule has 158 valence electrons. The van der Waals surface area contributed by atoms with Gasteiger partial charge in [-0.25, -0.2) is 8.42 Å². The molecular weight excluding hydrogens is 410 g/mol. The van der Waals surface area contributed by atoms with Gasteiger partial charge in [0.1, 0.15) is 0 Å². The molecule has 1 saturated heterocycles. The van der Waals surface area contributed by atoms with Crippen molar-refractivity contribution in [1.29, 1.82) is 0 Å². The second-order valence-electron chi connectivity index (χ2n) is 7.07. The molecule has 1 aliphatic heterocycles. The molecule has 1 unspecified atom stereocenters. The number of thioether (sulfide) groups is 1. The summed E-state index contributed by atoms with van der Waals surface area (Å²) in [6.45, 7) is 5.35. The Morgan fingerprint density at radius 3 is 2.66 bits per heavy atom. The average Bonchev–Trinajstić information content (AvgIpc) is 3.29. The maximum absolute atomic E-state index is 12.9. The molecule has 0 spiro atoms. The summed E-state index contributed by atoms with van der Waals surface area (Å²) in [7, 11) is -3.04. The second-order valence-corrected chi connectivity index (χ2v) is 10.2. The van der Waals surface area contributed by atoms with E-state index in [2.05, 4.69) is 22.1 Å². The molecule has 1 fully saturated rings. The van der Waals surface area contributed by atoms with Crippen LogP contribution in [0.2, 0.25) is 0 Å². The number of hydrogen-bond donors (Lipinski definition) is 0. The van der Waals surface area contributed by atoms with Gasteiger partial charge in [-0.3, -0.25) is 9.78 Å². The Labute approximate surface area is 176 Å². The normalized spacial score (nSPS) is 18.1. The molecule has 8 nitrogen and oxygen atoms in total. The van der Waals surface area contributed by atoms with Crippen molar-refractivity contribution < 1.29 is 13.2 Å². The molecule has 1 atom stereocenters. The van der Waals surface area contributed by atoms with Crippen LogP contribution in [0.5, 0.6) is 0 Å². The first-order chi connectivity index (χ1) is 13.9. The van der Waals surface area contributed by atoms with Crippen LogP contribution in [0.1, 0.15) is 33.1 Å². The van der Waals surface area contributed by atoms with Gasteiger partial charge in [0.25, 0.3) is 0 Å². The van der Waals surface area contributed by atoms with Gasteiger partial charge in [0.05, 0.1) is 17.3 Å². The van der Waals surface area contributed by atoms with Gasteiger partial charge < -0.3 is 9.47 Å². The molecule has 3 heterocycles. The van der Waals surface area contributed by atoms with E-state index in [1.165, 1.54) is 11.8 Å². The zero-order chi connectivity index (χ0) is 20.9. The Balaban J connectivity index is 1.70. The number of carbonyl (C=O) groups excluding carboxylic acids is 1. The van der Waals surface area contributed by atoms with E-state index in [0.29, 0.717) is 24.7 Å². The van der Waals surface area contributed by atoms with Gasteiger partial charge in [0.15, 0.2) is 20.8 Å². The van der Waals surface area contributed by atoms with Crippen molar-refractivity contribution in [3.63, 3.8) is 0 Å². The molecule has 29 heavy (non-hydrogen) atoms. The minimum atomic E-state index is -3.04. The van der Waals surface area contributed by atoms with Crippen LogP contribution in [-0.2, 0) is 21.2 Å². The number of aromatic nitrogens is 4. The predicted molar refractivity (Wildman–Crippen MR) is 113 cm³/mol. The Hall–Kier alpha value is -1.94. The molecule has 3 rings (SSSR count). The van der Waals surface area contributed by atoms with Gasteiger partial charge in [-0.15, -0.1) is 10.2 Å². The lowest BCUT2D eigenvalue weighted by Crippen LogP contribution is -2.42. The van der Waals surface area contributed by atoms with E-state index < -0.39 is 9.84 Å². The lowest BCUT2D eigenvalue weighted by Gasteiger charge is -2.28. The van der Waals surface area contributed by atoms with E-state index in [0.717, 1.165) is 24.2 Å². The molecule has 0 saturated carbocycles. The lowest BCUT2D eigenvalue weighted by molar-refractivity contribution is -0.130. The highest BCUT2D eigenvalue weighted by atomic mass is 32.2. The standard InChI is InChI=1S/C19H27N5O3S2/c1-3-5-11-24(16-8-12-29(26,27)14-16)17(25)13-28-19-22-21-18(23(19)4-2)15-6-9-20-10-7-15/h6-7,9-10,16H,3-5,8,11-14H2,1-2H3. The van der Waals surface area contributed by atoms with E-state index in [1.54, 1.807) is 17.3 Å². The molecule has 10 heteroatoms. The van der Waals surface area contributed by atoms with Crippen molar-refractivity contribution in [2.24, 2.45) is 0 Å². The van der Waals surface area contributed by atoms with Crippen molar-refractivity contribution in [1.82, 2.24) is 24.6 Å². The van der Waals surface area contributed by atoms with Crippen molar-refractivity contribution >= 4 is 27.5 Å². The Morgan fingerprint density at radius 2 is 2.03 bits per heavy atom. The number of unbranched alkanes of at least 4 members (excludes halogenated alkanes) is 1. The van der Waals surface area contributed by atoms with Gasteiger partial charge in [0, 0.05) is 37.1 Å². The van der Waals surface area contributed by atoms with Crippen molar-refractivity contribution in [2.45, 2.75) is 50.9 Å². The van der Waals surface area contributed by atoms with E-state index in [-0.39, 0.29) is 29.2 Å². The summed E-state index contributed by atoms with van der Waals surface area (Å²) in [6, 6.07) is 3.54. The average molecular weight is 438 g/mol. The van der Waals surface area contributed by atoms with Crippen molar-refractivity contribution in [3.8, 4) is 11.4 Å². The zero-order valence-electron chi connectivity index (χ0n) is 16.8. The molecule has 2 aromatic heterocycles.